The number of piperazine rings is 1. The molecule has 24 heavy (non-hydrogen) atoms. The van der Waals surface area contributed by atoms with Gasteiger partial charge < -0.3 is 15.0 Å². The van der Waals surface area contributed by atoms with Crippen LogP contribution in [0.25, 0.3) is 0 Å². The van der Waals surface area contributed by atoms with Gasteiger partial charge in [-0.3, -0.25) is 19.2 Å². The van der Waals surface area contributed by atoms with Gasteiger partial charge in [-0.1, -0.05) is 0 Å². The van der Waals surface area contributed by atoms with Crippen LogP contribution in [0.3, 0.4) is 0 Å². The van der Waals surface area contributed by atoms with Crippen LogP contribution >= 0.6 is 0 Å². The standard InChI is InChI=1S/C16H25N5O3/c1-19-11-13(15(18-19)24-2)16(23)21-9-7-20(8-10-21)6-5-17-14(22)12-3-4-12/h11-12H,3-10H2,1-2H3,(H,17,22). The molecule has 2 amide bonds. The molecule has 8 nitrogen and oxygen atoms in total. The van der Waals surface area contributed by atoms with Crippen molar-refractivity contribution < 1.29 is 14.3 Å². The van der Waals surface area contributed by atoms with Crippen molar-refractivity contribution in [2.75, 3.05) is 46.4 Å². The third-order valence-electron chi connectivity index (χ3n) is 4.55. The monoisotopic (exact) mass is 335 g/mol. The van der Waals surface area contributed by atoms with Gasteiger partial charge >= 0.3 is 0 Å². The predicted molar refractivity (Wildman–Crippen MR) is 87.8 cm³/mol. The fourth-order valence-electron chi connectivity index (χ4n) is 2.94. The zero-order chi connectivity index (χ0) is 17.1. The number of ether oxygens (including phenoxy) is 1. The lowest BCUT2D eigenvalue weighted by atomic mass is 10.2. The van der Waals surface area contributed by atoms with E-state index in [4.69, 9.17) is 4.74 Å². The largest absolute Gasteiger partial charge is 0.479 e. The van der Waals surface area contributed by atoms with E-state index in [0.29, 0.717) is 31.1 Å². The lowest BCUT2D eigenvalue weighted by Crippen LogP contribution is -2.50. The van der Waals surface area contributed by atoms with Gasteiger partial charge in [-0.05, 0) is 12.8 Å². The normalized spacial score (nSPS) is 18.5. The number of aromatic nitrogens is 2. The first-order chi connectivity index (χ1) is 11.6. The summed E-state index contributed by atoms with van der Waals surface area (Å²) in [4.78, 5) is 28.3. The van der Waals surface area contributed by atoms with Crippen LogP contribution in [0.5, 0.6) is 5.88 Å². The molecule has 0 atom stereocenters. The van der Waals surface area contributed by atoms with E-state index in [9.17, 15) is 9.59 Å². The van der Waals surface area contributed by atoms with Gasteiger partial charge in [0.25, 0.3) is 5.91 Å². The molecule has 1 aliphatic heterocycles. The molecule has 132 valence electrons. The van der Waals surface area contributed by atoms with Crippen molar-refractivity contribution in [1.82, 2.24) is 24.9 Å². The first kappa shape index (κ1) is 16.8. The topological polar surface area (TPSA) is 79.7 Å². The highest BCUT2D eigenvalue weighted by atomic mass is 16.5. The van der Waals surface area contributed by atoms with Crippen LogP contribution < -0.4 is 10.1 Å². The minimum atomic E-state index is -0.0402. The van der Waals surface area contributed by atoms with Gasteiger partial charge in [0.1, 0.15) is 5.56 Å². The van der Waals surface area contributed by atoms with Crippen LogP contribution in [0.2, 0.25) is 0 Å². The SMILES string of the molecule is COc1nn(C)cc1C(=O)N1CCN(CCNC(=O)C2CC2)CC1. The number of carbonyl (C=O) groups is 2. The molecule has 2 heterocycles. The van der Waals surface area contributed by atoms with Crippen LogP contribution in [-0.4, -0.2) is 77.8 Å². The summed E-state index contributed by atoms with van der Waals surface area (Å²) in [7, 11) is 3.29. The predicted octanol–water partition coefficient (Wildman–Crippen LogP) is -0.287. The Hall–Kier alpha value is -2.09. The molecule has 8 heteroatoms. The summed E-state index contributed by atoms with van der Waals surface area (Å²) < 4.78 is 6.76. The minimum Gasteiger partial charge on any atom is -0.479 e. The zero-order valence-corrected chi connectivity index (χ0v) is 14.3. The molecule has 1 aliphatic carbocycles. The molecular weight excluding hydrogens is 310 g/mol. The number of hydrogen-bond acceptors (Lipinski definition) is 5. The van der Waals surface area contributed by atoms with Gasteiger partial charge in [-0.2, -0.15) is 0 Å². The van der Waals surface area contributed by atoms with Gasteiger partial charge in [-0.15, -0.1) is 5.10 Å². The summed E-state index contributed by atoms with van der Waals surface area (Å²) in [6, 6.07) is 0. The van der Waals surface area contributed by atoms with E-state index in [1.165, 1.54) is 7.11 Å². The first-order valence-electron chi connectivity index (χ1n) is 8.45. The fraction of sp³-hybridized carbons (Fsp3) is 0.688. The maximum Gasteiger partial charge on any atom is 0.261 e. The third-order valence-corrected chi connectivity index (χ3v) is 4.55. The number of nitrogens with one attached hydrogen (secondary N) is 1. The van der Waals surface area contributed by atoms with E-state index >= 15 is 0 Å². The molecule has 0 unspecified atom stereocenters. The van der Waals surface area contributed by atoms with Gasteiger partial charge in [0, 0.05) is 58.4 Å². The van der Waals surface area contributed by atoms with E-state index in [1.807, 2.05) is 4.90 Å². The average Bonchev–Trinajstić information content (AvgIpc) is 3.37. The van der Waals surface area contributed by atoms with Crippen LogP contribution in [0.4, 0.5) is 0 Å². The lowest BCUT2D eigenvalue weighted by molar-refractivity contribution is -0.122. The molecule has 1 saturated heterocycles. The third kappa shape index (κ3) is 3.87. The van der Waals surface area contributed by atoms with E-state index in [0.717, 1.165) is 32.5 Å². The number of aryl methyl sites for hydroxylation is 1. The van der Waals surface area contributed by atoms with E-state index in [-0.39, 0.29) is 17.7 Å². The molecule has 3 rings (SSSR count). The summed E-state index contributed by atoms with van der Waals surface area (Å²) in [5.74, 6) is 0.774. The molecule has 0 bridgehead atoms. The van der Waals surface area contributed by atoms with E-state index in [2.05, 4.69) is 15.3 Å². The quantitative estimate of drug-likeness (QED) is 0.773. The van der Waals surface area contributed by atoms with Crippen molar-refractivity contribution in [3.63, 3.8) is 0 Å². The van der Waals surface area contributed by atoms with Gasteiger partial charge in [-0.25, -0.2) is 0 Å². The molecule has 1 aromatic heterocycles. The summed E-state index contributed by atoms with van der Waals surface area (Å²) in [5, 5.41) is 7.11. The number of amides is 2. The molecule has 0 spiro atoms. The van der Waals surface area contributed by atoms with Crippen LogP contribution in [-0.2, 0) is 11.8 Å². The Kier molecular flexibility index (Phi) is 5.03. The number of methoxy groups -OCH3 is 1. The van der Waals surface area contributed by atoms with Crippen molar-refractivity contribution in [2.45, 2.75) is 12.8 Å². The Balaban J connectivity index is 1.44. The molecule has 0 aromatic carbocycles. The molecular formula is C16H25N5O3. The highest BCUT2D eigenvalue weighted by Gasteiger charge is 2.29. The summed E-state index contributed by atoms with van der Waals surface area (Å²) >= 11 is 0. The minimum absolute atomic E-state index is 0.0402. The Labute approximate surface area is 141 Å². The van der Waals surface area contributed by atoms with Crippen molar-refractivity contribution >= 4 is 11.8 Å². The lowest BCUT2D eigenvalue weighted by Gasteiger charge is -2.34. The second-order valence-corrected chi connectivity index (χ2v) is 6.42. The molecule has 2 aliphatic rings. The van der Waals surface area contributed by atoms with Gasteiger partial charge in [0.05, 0.1) is 7.11 Å². The van der Waals surface area contributed by atoms with Crippen molar-refractivity contribution in [3.05, 3.63) is 11.8 Å². The second kappa shape index (κ2) is 7.21. The second-order valence-electron chi connectivity index (χ2n) is 6.42. The van der Waals surface area contributed by atoms with Crippen molar-refractivity contribution in [3.8, 4) is 5.88 Å². The fourth-order valence-corrected chi connectivity index (χ4v) is 2.94. The Morgan fingerprint density at radius 2 is 2.00 bits per heavy atom. The molecule has 1 N–H and O–H groups in total. The highest BCUT2D eigenvalue weighted by Crippen LogP contribution is 2.28. The van der Waals surface area contributed by atoms with Crippen molar-refractivity contribution in [2.24, 2.45) is 13.0 Å². The average molecular weight is 335 g/mol. The molecule has 0 radical (unpaired) electrons. The van der Waals surface area contributed by atoms with Crippen LogP contribution in [0, 0.1) is 5.92 Å². The van der Waals surface area contributed by atoms with Gasteiger partial charge in [0.2, 0.25) is 11.8 Å². The zero-order valence-electron chi connectivity index (χ0n) is 14.3. The Morgan fingerprint density at radius 3 is 2.62 bits per heavy atom. The van der Waals surface area contributed by atoms with Crippen molar-refractivity contribution in [1.29, 1.82) is 0 Å². The number of hydrogen-bond donors (Lipinski definition) is 1. The maximum atomic E-state index is 12.6. The van der Waals surface area contributed by atoms with E-state index in [1.54, 1.807) is 17.9 Å². The molecule has 1 saturated carbocycles. The number of carbonyl (C=O) groups excluding carboxylic acids is 2. The van der Waals surface area contributed by atoms with Crippen LogP contribution in [0.15, 0.2) is 6.20 Å². The van der Waals surface area contributed by atoms with Gasteiger partial charge in [0.15, 0.2) is 0 Å². The summed E-state index contributed by atoms with van der Waals surface area (Å²) in [6.45, 7) is 4.48. The molecule has 2 fully saturated rings. The highest BCUT2D eigenvalue weighted by molar-refractivity contribution is 5.96. The van der Waals surface area contributed by atoms with E-state index < -0.39 is 0 Å². The van der Waals surface area contributed by atoms with Crippen LogP contribution in [0.1, 0.15) is 23.2 Å². The smallest absolute Gasteiger partial charge is 0.261 e. The first-order valence-corrected chi connectivity index (χ1v) is 8.45. The maximum absolute atomic E-state index is 12.6. The Morgan fingerprint density at radius 1 is 1.29 bits per heavy atom. The summed E-state index contributed by atoms with van der Waals surface area (Å²) in [5.41, 5.74) is 0.505. The number of nitrogens with zero attached hydrogens (tertiary/aromatic N) is 4. The molecule has 1 aromatic rings. The number of rotatable bonds is 6. The summed E-state index contributed by atoms with van der Waals surface area (Å²) in [6.07, 6.45) is 3.76. The Bertz CT molecular complexity index is 603.